The van der Waals surface area contributed by atoms with Crippen LogP contribution >= 0.6 is 0 Å². The van der Waals surface area contributed by atoms with Gasteiger partial charge in [0.15, 0.2) is 0 Å². The van der Waals surface area contributed by atoms with E-state index in [0.29, 0.717) is 6.54 Å². The van der Waals surface area contributed by atoms with Crippen molar-refractivity contribution in [3.8, 4) is 0 Å². The number of nitrogens with one attached hydrogen (secondary N) is 1. The highest BCUT2D eigenvalue weighted by Crippen LogP contribution is 1.95. The number of hydrogen-bond acceptors (Lipinski definition) is 3. The number of aliphatic hydroxyl groups is 1. The number of rotatable bonds is 8. The first-order chi connectivity index (χ1) is 7.61. The fraction of sp³-hybridized carbons (Fsp3) is 0.800. The van der Waals surface area contributed by atoms with Gasteiger partial charge in [0.25, 0.3) is 0 Å². The molecule has 0 aromatic carbocycles. The molecule has 0 atom stereocenters. The second-order valence-electron chi connectivity index (χ2n) is 3.44. The molecule has 0 aliphatic heterocycles. The standard InChI is InChI=1S/C10H20N2O4/c1-2-3-6-12(7-8-13)10(16)11-5-4-9(14)15/h13H,2-8H2,1H3,(H,11,16)(H,14,15). The molecule has 0 aromatic rings. The van der Waals surface area contributed by atoms with Gasteiger partial charge in [0.1, 0.15) is 0 Å². The second-order valence-corrected chi connectivity index (χ2v) is 3.44. The van der Waals surface area contributed by atoms with E-state index in [1.807, 2.05) is 6.92 Å². The zero-order chi connectivity index (χ0) is 12.4. The Morgan fingerprint density at radius 3 is 2.50 bits per heavy atom. The minimum Gasteiger partial charge on any atom is -0.481 e. The summed E-state index contributed by atoms with van der Waals surface area (Å²) in [7, 11) is 0. The molecule has 0 bridgehead atoms. The van der Waals surface area contributed by atoms with E-state index in [4.69, 9.17) is 10.2 Å². The van der Waals surface area contributed by atoms with E-state index in [1.165, 1.54) is 4.90 Å². The summed E-state index contributed by atoms with van der Waals surface area (Å²) in [6.07, 6.45) is 1.74. The van der Waals surface area contributed by atoms with Crippen LogP contribution in [0.4, 0.5) is 4.79 Å². The molecule has 0 aliphatic rings. The number of nitrogens with zero attached hydrogens (tertiary/aromatic N) is 1. The summed E-state index contributed by atoms with van der Waals surface area (Å²) in [5, 5.41) is 19.7. The lowest BCUT2D eigenvalue weighted by molar-refractivity contribution is -0.136. The molecule has 0 fully saturated rings. The van der Waals surface area contributed by atoms with Crippen molar-refractivity contribution in [2.45, 2.75) is 26.2 Å². The van der Waals surface area contributed by atoms with Crippen LogP contribution in [0.15, 0.2) is 0 Å². The number of aliphatic hydroxyl groups excluding tert-OH is 1. The quantitative estimate of drug-likeness (QED) is 0.560. The van der Waals surface area contributed by atoms with Crippen LogP contribution in [0.2, 0.25) is 0 Å². The van der Waals surface area contributed by atoms with Gasteiger partial charge in [-0.1, -0.05) is 13.3 Å². The fourth-order valence-electron chi connectivity index (χ4n) is 1.17. The van der Waals surface area contributed by atoms with E-state index in [1.54, 1.807) is 0 Å². The molecule has 6 heteroatoms. The van der Waals surface area contributed by atoms with Gasteiger partial charge in [-0.05, 0) is 6.42 Å². The fourth-order valence-corrected chi connectivity index (χ4v) is 1.17. The predicted molar refractivity (Wildman–Crippen MR) is 59.2 cm³/mol. The van der Waals surface area contributed by atoms with Gasteiger partial charge in [-0.3, -0.25) is 4.79 Å². The van der Waals surface area contributed by atoms with Crippen LogP contribution in [0, 0.1) is 0 Å². The summed E-state index contributed by atoms with van der Waals surface area (Å²) >= 11 is 0. The molecule has 94 valence electrons. The highest BCUT2D eigenvalue weighted by Gasteiger charge is 2.11. The van der Waals surface area contributed by atoms with Crippen molar-refractivity contribution in [2.75, 3.05) is 26.2 Å². The monoisotopic (exact) mass is 232 g/mol. The van der Waals surface area contributed by atoms with Crippen LogP contribution in [-0.2, 0) is 4.79 Å². The zero-order valence-corrected chi connectivity index (χ0v) is 9.61. The topological polar surface area (TPSA) is 89.9 Å². The van der Waals surface area contributed by atoms with Crippen LogP contribution in [0.3, 0.4) is 0 Å². The molecule has 16 heavy (non-hydrogen) atoms. The Kier molecular flexibility index (Phi) is 8.24. The molecule has 0 heterocycles. The lowest BCUT2D eigenvalue weighted by atomic mass is 10.3. The first-order valence-corrected chi connectivity index (χ1v) is 5.47. The Bertz CT molecular complexity index is 221. The number of carboxylic acid groups (broad SMARTS) is 1. The highest BCUT2D eigenvalue weighted by molar-refractivity contribution is 5.75. The van der Waals surface area contributed by atoms with Gasteiger partial charge in [0, 0.05) is 19.6 Å². The van der Waals surface area contributed by atoms with Crippen molar-refractivity contribution < 1.29 is 19.8 Å². The third-order valence-corrected chi connectivity index (χ3v) is 2.05. The Hall–Kier alpha value is -1.30. The minimum absolute atomic E-state index is 0.0872. The van der Waals surface area contributed by atoms with E-state index in [2.05, 4.69) is 5.32 Å². The Morgan fingerprint density at radius 2 is 2.00 bits per heavy atom. The van der Waals surface area contributed by atoms with Crippen molar-refractivity contribution in [1.82, 2.24) is 10.2 Å². The zero-order valence-electron chi connectivity index (χ0n) is 9.61. The van der Waals surface area contributed by atoms with Gasteiger partial charge < -0.3 is 20.4 Å². The number of amides is 2. The van der Waals surface area contributed by atoms with Crippen molar-refractivity contribution >= 4 is 12.0 Å². The highest BCUT2D eigenvalue weighted by atomic mass is 16.4. The first-order valence-electron chi connectivity index (χ1n) is 5.47. The number of hydrogen-bond donors (Lipinski definition) is 3. The van der Waals surface area contributed by atoms with E-state index < -0.39 is 5.97 Å². The Morgan fingerprint density at radius 1 is 1.31 bits per heavy atom. The normalized spacial score (nSPS) is 9.88. The number of carboxylic acids is 1. The maximum Gasteiger partial charge on any atom is 0.317 e. The second kappa shape index (κ2) is 8.96. The van der Waals surface area contributed by atoms with Crippen molar-refractivity contribution in [2.24, 2.45) is 0 Å². The maximum atomic E-state index is 11.5. The third kappa shape index (κ3) is 7.05. The molecule has 0 spiro atoms. The molecule has 0 aliphatic carbocycles. The smallest absolute Gasteiger partial charge is 0.317 e. The molecule has 0 saturated carbocycles. The van der Waals surface area contributed by atoms with Crippen LogP contribution in [0.5, 0.6) is 0 Å². The number of unbranched alkanes of at least 4 members (excludes halogenated alkanes) is 1. The van der Waals surface area contributed by atoms with Gasteiger partial charge in [0.05, 0.1) is 13.0 Å². The third-order valence-electron chi connectivity index (χ3n) is 2.05. The Balaban J connectivity index is 3.90. The number of urea groups is 1. The number of aliphatic carboxylic acids is 1. The van der Waals surface area contributed by atoms with Gasteiger partial charge in [-0.2, -0.15) is 0 Å². The molecule has 3 N–H and O–H groups in total. The molecular weight excluding hydrogens is 212 g/mol. The number of carbonyl (C=O) groups excluding carboxylic acids is 1. The summed E-state index contributed by atoms with van der Waals surface area (Å²) in [5.74, 6) is -0.942. The summed E-state index contributed by atoms with van der Waals surface area (Å²) in [6, 6.07) is -0.316. The minimum atomic E-state index is -0.942. The van der Waals surface area contributed by atoms with Crippen LogP contribution in [-0.4, -0.2) is 53.4 Å². The maximum absolute atomic E-state index is 11.5. The van der Waals surface area contributed by atoms with Gasteiger partial charge in [0.2, 0.25) is 0 Å². The SMILES string of the molecule is CCCCN(CCO)C(=O)NCCC(=O)O. The van der Waals surface area contributed by atoms with Crippen LogP contribution in [0.1, 0.15) is 26.2 Å². The molecular formula is C10H20N2O4. The summed E-state index contributed by atoms with van der Waals surface area (Å²) in [6.45, 7) is 2.90. The average Bonchev–Trinajstić information content (AvgIpc) is 2.23. The lowest BCUT2D eigenvalue weighted by Gasteiger charge is -2.21. The van der Waals surface area contributed by atoms with Gasteiger partial charge >= 0.3 is 12.0 Å². The number of carbonyl (C=O) groups is 2. The van der Waals surface area contributed by atoms with Gasteiger partial charge in [-0.25, -0.2) is 4.79 Å². The molecule has 0 saturated heterocycles. The molecule has 0 aromatic heterocycles. The van der Waals surface area contributed by atoms with Crippen LogP contribution in [0.25, 0.3) is 0 Å². The summed E-state index contributed by atoms with van der Waals surface area (Å²) in [4.78, 5) is 23.3. The first kappa shape index (κ1) is 14.7. The Labute approximate surface area is 95.2 Å². The van der Waals surface area contributed by atoms with Crippen LogP contribution < -0.4 is 5.32 Å². The molecule has 6 nitrogen and oxygen atoms in total. The van der Waals surface area contributed by atoms with E-state index in [0.717, 1.165) is 12.8 Å². The van der Waals surface area contributed by atoms with Gasteiger partial charge in [-0.15, -0.1) is 0 Å². The molecule has 0 radical (unpaired) electrons. The molecule has 0 rings (SSSR count). The van der Waals surface area contributed by atoms with Crippen molar-refractivity contribution in [3.05, 3.63) is 0 Å². The van der Waals surface area contributed by atoms with E-state index >= 15 is 0 Å². The van der Waals surface area contributed by atoms with Crippen molar-refractivity contribution in [3.63, 3.8) is 0 Å². The summed E-state index contributed by atoms with van der Waals surface area (Å²) < 4.78 is 0. The van der Waals surface area contributed by atoms with Crippen molar-refractivity contribution in [1.29, 1.82) is 0 Å². The molecule has 2 amide bonds. The van der Waals surface area contributed by atoms with E-state index in [9.17, 15) is 9.59 Å². The lowest BCUT2D eigenvalue weighted by Crippen LogP contribution is -2.42. The largest absolute Gasteiger partial charge is 0.481 e. The predicted octanol–water partition coefficient (Wildman–Crippen LogP) is 0.265. The summed E-state index contributed by atoms with van der Waals surface area (Å²) in [5.41, 5.74) is 0. The van der Waals surface area contributed by atoms with E-state index in [-0.39, 0.29) is 32.1 Å². The average molecular weight is 232 g/mol. The molecule has 0 unspecified atom stereocenters.